The third-order valence-corrected chi connectivity index (χ3v) is 9.92. The first-order chi connectivity index (χ1) is 23.7. The molecule has 16 heteroatoms. The average Bonchev–Trinajstić information content (AvgIpc) is 3.48. The molecule has 11 nitrogen and oxygen atoms in total. The Kier molecular flexibility index (Phi) is 11.7. The molecule has 51 heavy (non-hydrogen) atoms. The van der Waals surface area contributed by atoms with Crippen molar-refractivity contribution in [3.63, 3.8) is 0 Å². The normalized spacial score (nSPS) is 14.0. The Morgan fingerprint density at radius 1 is 0.843 bits per heavy atom. The molecule has 1 aliphatic rings. The summed E-state index contributed by atoms with van der Waals surface area (Å²) < 4.78 is 66.7. The molecule has 0 fully saturated rings. The second kappa shape index (κ2) is 15.2. The molecule has 1 aliphatic carbocycles. The highest BCUT2D eigenvalue weighted by atomic mass is 35.5. The van der Waals surface area contributed by atoms with Crippen molar-refractivity contribution in [2.24, 2.45) is 5.92 Å². The largest absolute Gasteiger partial charge is 0.452 e. The number of hydrogen-bond donors (Lipinski definition) is 3. The number of rotatable bonds is 12. The van der Waals surface area contributed by atoms with E-state index in [1.165, 1.54) is 53.4 Å². The third kappa shape index (κ3) is 9.52. The number of amides is 4. The van der Waals surface area contributed by atoms with Crippen LogP contribution >= 0.6 is 11.6 Å². The van der Waals surface area contributed by atoms with Gasteiger partial charge in [-0.3, -0.25) is 24.0 Å². The number of fused-ring (bicyclic) bond motifs is 1. The maximum absolute atomic E-state index is 14.2. The predicted octanol–water partition coefficient (Wildman–Crippen LogP) is 4.24. The molecular weight excluding hydrogens is 713 g/mol. The first-order valence-corrected chi connectivity index (χ1v) is 17.6. The van der Waals surface area contributed by atoms with Gasteiger partial charge >= 0.3 is 6.18 Å². The van der Waals surface area contributed by atoms with Crippen molar-refractivity contribution in [2.45, 2.75) is 69.2 Å². The molecule has 3 N–H and O–H groups in total. The number of carbonyl (C=O) groups is 5. The lowest BCUT2D eigenvalue weighted by Crippen LogP contribution is -2.60. The lowest BCUT2D eigenvalue weighted by Gasteiger charge is -2.35. The zero-order valence-corrected chi connectivity index (χ0v) is 29.6. The third-order valence-electron chi connectivity index (χ3n) is 8.32. The van der Waals surface area contributed by atoms with Gasteiger partial charge in [-0.25, -0.2) is 13.1 Å². The Morgan fingerprint density at radius 3 is 1.84 bits per heavy atom. The number of ketones is 1. The molecule has 4 rings (SSSR count). The highest BCUT2D eigenvalue weighted by molar-refractivity contribution is 7.90. The molecule has 0 saturated carbocycles. The molecule has 0 unspecified atom stereocenters. The molecule has 0 radical (unpaired) electrons. The topological polar surface area (TPSA) is 159 Å². The van der Waals surface area contributed by atoms with Gasteiger partial charge in [0.1, 0.15) is 11.6 Å². The van der Waals surface area contributed by atoms with E-state index in [0.717, 1.165) is 25.0 Å². The number of nitrogens with one attached hydrogen (secondary N) is 3. The maximum atomic E-state index is 14.2. The van der Waals surface area contributed by atoms with Gasteiger partial charge in [0.15, 0.2) is 0 Å². The molecule has 0 heterocycles. The van der Waals surface area contributed by atoms with Crippen molar-refractivity contribution in [3.05, 3.63) is 100 Å². The number of Topliss-reactive ketones (excluding diaryl/α,β-unsaturated/α-hetero) is 1. The minimum atomic E-state index is -5.20. The van der Waals surface area contributed by atoms with Crippen LogP contribution in [0, 0.1) is 5.92 Å². The fourth-order valence-electron chi connectivity index (χ4n) is 5.64. The molecular formula is C35H36ClF3N4O7S. The van der Waals surface area contributed by atoms with Gasteiger partial charge in [-0.2, -0.15) is 13.2 Å². The lowest BCUT2D eigenvalue weighted by atomic mass is 9.98. The standard InChI is InChI=1S/C35H36ClF3N4O7S/c1-20(2)29(40-30(45)21-9-11-22(12-10-21)31(46)42-51(49,50)27-15-13-25(36)14-16-27)32(47)43(26-17-23-7-5-6-8-24(23)18-26)19-28(44)41-34(3,4)33(48)35(37,38)39/h5-16,20,26,29H,17-19H2,1-4H3,(H,40,45)(H,41,44)(H,42,46)/t29-/m0/s1. The van der Waals surface area contributed by atoms with E-state index in [0.29, 0.717) is 17.9 Å². The van der Waals surface area contributed by atoms with Gasteiger partial charge in [-0.15, -0.1) is 0 Å². The summed E-state index contributed by atoms with van der Waals surface area (Å²) in [5, 5.41) is 5.07. The smallest absolute Gasteiger partial charge is 0.342 e. The highest BCUT2D eigenvalue weighted by Crippen LogP contribution is 2.27. The van der Waals surface area contributed by atoms with Crippen molar-refractivity contribution in [1.82, 2.24) is 20.3 Å². The summed E-state index contributed by atoms with van der Waals surface area (Å²) in [6, 6.07) is 15.7. The summed E-state index contributed by atoms with van der Waals surface area (Å²) in [6.45, 7) is 4.47. The zero-order valence-electron chi connectivity index (χ0n) is 28.0. The van der Waals surface area contributed by atoms with Crippen LogP contribution in [0.25, 0.3) is 0 Å². The van der Waals surface area contributed by atoms with Crippen LogP contribution in [-0.4, -0.2) is 73.1 Å². The molecule has 3 aromatic rings. The molecule has 0 aliphatic heterocycles. The molecule has 0 spiro atoms. The van der Waals surface area contributed by atoms with Crippen LogP contribution in [0.3, 0.4) is 0 Å². The SMILES string of the molecule is CC(C)[C@H](NC(=O)c1ccc(C(=O)NS(=O)(=O)c2ccc(Cl)cc2)cc1)C(=O)N(CC(=O)NC(C)(C)C(=O)C(F)(F)F)C1Cc2ccccc2C1. The van der Waals surface area contributed by atoms with Gasteiger partial charge in [-0.05, 0) is 92.3 Å². The minimum Gasteiger partial charge on any atom is -0.342 e. The summed E-state index contributed by atoms with van der Waals surface area (Å²) in [4.78, 5) is 66.4. The molecule has 0 saturated heterocycles. The van der Waals surface area contributed by atoms with Crippen LogP contribution < -0.4 is 15.4 Å². The van der Waals surface area contributed by atoms with E-state index in [4.69, 9.17) is 11.6 Å². The fraction of sp³-hybridized carbons (Fsp3) is 0.343. The Balaban J connectivity index is 1.51. The van der Waals surface area contributed by atoms with E-state index >= 15 is 0 Å². The summed E-state index contributed by atoms with van der Waals surface area (Å²) in [5.41, 5.74) is -0.523. The number of carbonyl (C=O) groups excluding carboxylic acids is 5. The fourth-order valence-corrected chi connectivity index (χ4v) is 6.74. The van der Waals surface area contributed by atoms with Crippen molar-refractivity contribution in [1.29, 1.82) is 0 Å². The van der Waals surface area contributed by atoms with E-state index in [-0.39, 0.29) is 16.0 Å². The number of nitrogens with zero attached hydrogens (tertiary/aromatic N) is 1. The van der Waals surface area contributed by atoms with Crippen LogP contribution in [-0.2, 0) is 37.2 Å². The van der Waals surface area contributed by atoms with Gasteiger partial charge in [0, 0.05) is 22.2 Å². The molecule has 0 bridgehead atoms. The van der Waals surface area contributed by atoms with E-state index in [9.17, 15) is 45.6 Å². The predicted molar refractivity (Wildman–Crippen MR) is 181 cm³/mol. The van der Waals surface area contributed by atoms with Gasteiger partial charge in [-0.1, -0.05) is 49.7 Å². The first kappa shape index (κ1) is 39.0. The second-order valence-corrected chi connectivity index (χ2v) is 15.1. The van der Waals surface area contributed by atoms with Gasteiger partial charge in [0.2, 0.25) is 11.8 Å². The summed E-state index contributed by atoms with van der Waals surface area (Å²) in [7, 11) is -4.22. The van der Waals surface area contributed by atoms with Crippen LogP contribution in [0.1, 0.15) is 59.5 Å². The molecule has 1 atom stereocenters. The number of benzene rings is 3. The Labute approximate surface area is 298 Å². The van der Waals surface area contributed by atoms with Crippen molar-refractivity contribution in [2.75, 3.05) is 6.54 Å². The number of hydrogen-bond acceptors (Lipinski definition) is 7. The van der Waals surface area contributed by atoms with Crippen LogP contribution in [0.15, 0.2) is 77.7 Å². The number of sulfonamides is 1. The quantitative estimate of drug-likeness (QED) is 0.250. The van der Waals surface area contributed by atoms with E-state index in [2.05, 4.69) is 10.6 Å². The van der Waals surface area contributed by atoms with E-state index in [1.807, 2.05) is 29.0 Å². The molecule has 4 amide bonds. The monoisotopic (exact) mass is 748 g/mol. The van der Waals surface area contributed by atoms with Crippen LogP contribution in [0.5, 0.6) is 0 Å². The van der Waals surface area contributed by atoms with Gasteiger partial charge in [0.25, 0.3) is 27.6 Å². The van der Waals surface area contributed by atoms with Crippen molar-refractivity contribution in [3.8, 4) is 0 Å². The summed E-state index contributed by atoms with van der Waals surface area (Å²) >= 11 is 5.80. The Bertz CT molecular complexity index is 1910. The van der Waals surface area contributed by atoms with Crippen molar-refractivity contribution < 1.29 is 45.6 Å². The summed E-state index contributed by atoms with van der Waals surface area (Å²) in [6.07, 6.45) is -4.52. The Hall–Kier alpha value is -4.76. The first-order valence-electron chi connectivity index (χ1n) is 15.7. The average molecular weight is 749 g/mol. The highest BCUT2D eigenvalue weighted by Gasteiger charge is 2.49. The van der Waals surface area contributed by atoms with Crippen LogP contribution in [0.2, 0.25) is 5.02 Å². The van der Waals surface area contributed by atoms with Crippen molar-refractivity contribution >= 4 is 51.0 Å². The van der Waals surface area contributed by atoms with E-state index in [1.54, 1.807) is 13.8 Å². The van der Waals surface area contributed by atoms with Gasteiger partial charge < -0.3 is 15.5 Å². The van der Waals surface area contributed by atoms with E-state index < -0.39 is 75.7 Å². The molecule has 272 valence electrons. The molecule has 0 aromatic heterocycles. The molecule has 3 aromatic carbocycles. The summed E-state index contributed by atoms with van der Waals surface area (Å²) in [5.74, 6) is -6.04. The Morgan fingerprint density at radius 2 is 1.35 bits per heavy atom. The number of alkyl halides is 3. The number of halogens is 4. The minimum absolute atomic E-state index is 0.0236. The van der Waals surface area contributed by atoms with Gasteiger partial charge in [0.05, 0.1) is 11.4 Å². The second-order valence-electron chi connectivity index (χ2n) is 13.0. The zero-order chi connectivity index (χ0) is 37.9. The maximum Gasteiger partial charge on any atom is 0.452 e. The lowest BCUT2D eigenvalue weighted by molar-refractivity contribution is -0.177. The van der Waals surface area contributed by atoms with Crippen LogP contribution in [0.4, 0.5) is 13.2 Å².